The Bertz CT molecular complexity index is 674. The summed E-state index contributed by atoms with van der Waals surface area (Å²) in [5.41, 5.74) is -0.880. The van der Waals surface area contributed by atoms with Crippen molar-refractivity contribution in [2.24, 2.45) is 4.99 Å². The van der Waals surface area contributed by atoms with Crippen molar-refractivity contribution in [3.63, 3.8) is 0 Å². The third-order valence-electron chi connectivity index (χ3n) is 4.21. The molecular formula is C17H27F3N6O2S. The van der Waals surface area contributed by atoms with E-state index in [-0.39, 0.29) is 12.5 Å². The monoisotopic (exact) mass is 436 g/mol. The Morgan fingerprint density at radius 1 is 1.31 bits per heavy atom. The van der Waals surface area contributed by atoms with Crippen LogP contribution in [0, 0.1) is 0 Å². The zero-order valence-corrected chi connectivity index (χ0v) is 17.4. The maximum absolute atomic E-state index is 12.7. The third-order valence-corrected chi connectivity index (χ3v) is 5.04. The molecule has 0 aliphatic carbocycles. The van der Waals surface area contributed by atoms with E-state index in [4.69, 9.17) is 4.74 Å². The van der Waals surface area contributed by atoms with E-state index in [2.05, 4.69) is 25.5 Å². The van der Waals surface area contributed by atoms with Gasteiger partial charge in [-0.15, -0.1) is 11.3 Å². The van der Waals surface area contributed by atoms with Crippen LogP contribution in [0.3, 0.4) is 0 Å². The molecule has 2 N–H and O–H groups in total. The van der Waals surface area contributed by atoms with Gasteiger partial charge in [-0.1, -0.05) is 0 Å². The second kappa shape index (κ2) is 11.3. The molecule has 1 aliphatic heterocycles. The summed E-state index contributed by atoms with van der Waals surface area (Å²) in [4.78, 5) is 24.0. The molecule has 164 valence electrons. The summed E-state index contributed by atoms with van der Waals surface area (Å²) >= 11 is 0.952. The van der Waals surface area contributed by atoms with E-state index in [1.165, 1.54) is 0 Å². The second-order valence-electron chi connectivity index (χ2n) is 6.40. The molecule has 0 saturated carbocycles. The lowest BCUT2D eigenvalue weighted by Gasteiger charge is -2.36. The molecule has 1 fully saturated rings. The van der Waals surface area contributed by atoms with Crippen molar-refractivity contribution in [3.05, 3.63) is 16.1 Å². The largest absolute Gasteiger partial charge is 0.434 e. The van der Waals surface area contributed by atoms with Crippen molar-refractivity contribution in [1.29, 1.82) is 0 Å². The molecule has 1 saturated heterocycles. The fraction of sp³-hybridized carbons (Fsp3) is 0.706. The number of hydrogen-bond donors (Lipinski definition) is 2. The van der Waals surface area contributed by atoms with Crippen LogP contribution in [0.2, 0.25) is 0 Å². The molecule has 1 aromatic heterocycles. The first-order chi connectivity index (χ1) is 13.8. The van der Waals surface area contributed by atoms with Crippen LogP contribution in [0.4, 0.5) is 13.2 Å². The van der Waals surface area contributed by atoms with E-state index < -0.39 is 11.9 Å². The summed E-state index contributed by atoms with van der Waals surface area (Å²) in [6.07, 6.45) is -4.44. The molecule has 12 heteroatoms. The van der Waals surface area contributed by atoms with Crippen LogP contribution in [0.5, 0.6) is 0 Å². The summed E-state index contributed by atoms with van der Waals surface area (Å²) in [6, 6.07) is 0. The zero-order valence-electron chi connectivity index (χ0n) is 16.6. The zero-order chi connectivity index (χ0) is 21.3. The second-order valence-corrected chi connectivity index (χ2v) is 7.34. The SMILES string of the molecule is CCNC(=NCc1nc(C(F)(F)F)cs1)N1CCN(CC(=O)NCCOC)CC1. The van der Waals surface area contributed by atoms with Crippen molar-refractivity contribution >= 4 is 23.2 Å². The average Bonchev–Trinajstić information content (AvgIpc) is 3.16. The molecule has 2 heterocycles. The van der Waals surface area contributed by atoms with Crippen molar-refractivity contribution in [3.8, 4) is 0 Å². The first-order valence-electron chi connectivity index (χ1n) is 9.36. The Balaban J connectivity index is 1.86. The van der Waals surface area contributed by atoms with Gasteiger partial charge in [-0.05, 0) is 6.92 Å². The van der Waals surface area contributed by atoms with Gasteiger partial charge in [-0.3, -0.25) is 9.69 Å². The molecule has 0 spiro atoms. The lowest BCUT2D eigenvalue weighted by molar-refractivity contribution is -0.140. The van der Waals surface area contributed by atoms with Crippen LogP contribution in [0.15, 0.2) is 10.4 Å². The minimum atomic E-state index is -4.44. The van der Waals surface area contributed by atoms with Gasteiger partial charge >= 0.3 is 6.18 Å². The molecule has 29 heavy (non-hydrogen) atoms. The summed E-state index contributed by atoms with van der Waals surface area (Å²) in [6.45, 7) is 6.68. The van der Waals surface area contributed by atoms with Gasteiger partial charge in [0.25, 0.3) is 0 Å². The van der Waals surface area contributed by atoms with Crippen molar-refractivity contribution < 1.29 is 22.7 Å². The normalized spacial score (nSPS) is 16.2. The number of nitrogens with one attached hydrogen (secondary N) is 2. The summed E-state index contributed by atoms with van der Waals surface area (Å²) in [5, 5.41) is 7.29. The lowest BCUT2D eigenvalue weighted by Crippen LogP contribution is -2.54. The molecule has 1 aromatic rings. The van der Waals surface area contributed by atoms with Gasteiger partial charge in [0.05, 0.1) is 19.7 Å². The van der Waals surface area contributed by atoms with E-state index in [0.717, 1.165) is 16.7 Å². The van der Waals surface area contributed by atoms with Crippen LogP contribution in [0.25, 0.3) is 0 Å². The molecule has 8 nitrogen and oxygen atoms in total. The molecule has 0 bridgehead atoms. The van der Waals surface area contributed by atoms with Crippen LogP contribution in [-0.2, 0) is 22.3 Å². The quantitative estimate of drug-likeness (QED) is 0.360. The number of halogens is 3. The van der Waals surface area contributed by atoms with Gasteiger partial charge < -0.3 is 20.3 Å². The highest BCUT2D eigenvalue weighted by Gasteiger charge is 2.33. The number of hydrogen-bond acceptors (Lipinski definition) is 6. The highest BCUT2D eigenvalue weighted by atomic mass is 32.1. The number of aliphatic imine (C=N–C) groups is 1. The van der Waals surface area contributed by atoms with Gasteiger partial charge in [0.2, 0.25) is 5.91 Å². The Morgan fingerprint density at radius 3 is 2.62 bits per heavy atom. The number of amides is 1. The van der Waals surface area contributed by atoms with Crippen LogP contribution < -0.4 is 10.6 Å². The van der Waals surface area contributed by atoms with Crippen LogP contribution in [0.1, 0.15) is 17.6 Å². The number of nitrogens with zero attached hydrogens (tertiary/aromatic N) is 4. The summed E-state index contributed by atoms with van der Waals surface area (Å²) < 4.78 is 42.9. The number of piperazine rings is 1. The first-order valence-corrected chi connectivity index (χ1v) is 10.2. The van der Waals surface area contributed by atoms with E-state index in [1.54, 1.807) is 7.11 Å². The molecule has 0 aromatic carbocycles. The number of thiazole rings is 1. The van der Waals surface area contributed by atoms with Gasteiger partial charge in [-0.2, -0.15) is 13.2 Å². The van der Waals surface area contributed by atoms with Crippen molar-refractivity contribution in [2.45, 2.75) is 19.6 Å². The van der Waals surface area contributed by atoms with Gasteiger partial charge in [0, 0.05) is 51.8 Å². The predicted octanol–water partition coefficient (Wildman–Crippen LogP) is 1.01. The fourth-order valence-electron chi connectivity index (χ4n) is 2.75. The number of aromatic nitrogens is 1. The van der Waals surface area contributed by atoms with E-state index in [9.17, 15) is 18.0 Å². The van der Waals surface area contributed by atoms with Crippen LogP contribution >= 0.6 is 11.3 Å². The number of alkyl halides is 3. The topological polar surface area (TPSA) is 82.1 Å². The predicted molar refractivity (Wildman–Crippen MR) is 105 cm³/mol. The minimum absolute atomic E-state index is 0.0414. The van der Waals surface area contributed by atoms with Crippen molar-refractivity contribution in [1.82, 2.24) is 25.4 Å². The van der Waals surface area contributed by atoms with Gasteiger partial charge in [0.1, 0.15) is 5.01 Å². The highest BCUT2D eigenvalue weighted by Crippen LogP contribution is 2.30. The summed E-state index contributed by atoms with van der Waals surface area (Å²) in [7, 11) is 1.58. The third kappa shape index (κ3) is 7.78. The minimum Gasteiger partial charge on any atom is -0.383 e. The van der Waals surface area contributed by atoms with Crippen LogP contribution in [-0.4, -0.2) is 86.2 Å². The fourth-order valence-corrected chi connectivity index (χ4v) is 3.48. The molecule has 0 radical (unpaired) electrons. The molecule has 1 amide bonds. The van der Waals surface area contributed by atoms with Gasteiger partial charge in [-0.25, -0.2) is 9.98 Å². The number of carbonyl (C=O) groups is 1. The highest BCUT2D eigenvalue weighted by molar-refractivity contribution is 7.09. The van der Waals surface area contributed by atoms with Gasteiger partial charge in [0.15, 0.2) is 11.7 Å². The van der Waals surface area contributed by atoms with E-state index >= 15 is 0 Å². The molecule has 1 aliphatic rings. The first kappa shape index (κ1) is 23.4. The lowest BCUT2D eigenvalue weighted by atomic mass is 10.3. The van der Waals surface area contributed by atoms with E-state index in [1.807, 2.05) is 11.8 Å². The maximum atomic E-state index is 12.7. The smallest absolute Gasteiger partial charge is 0.383 e. The number of methoxy groups -OCH3 is 1. The van der Waals surface area contributed by atoms with Crippen molar-refractivity contribution in [2.75, 3.05) is 59.5 Å². The molecular weight excluding hydrogens is 409 g/mol. The van der Waals surface area contributed by atoms with E-state index in [0.29, 0.717) is 63.4 Å². The number of carbonyl (C=O) groups excluding carboxylic acids is 1. The molecule has 2 rings (SSSR count). The summed E-state index contributed by atoms with van der Waals surface area (Å²) in [5.74, 6) is 0.598. The number of rotatable bonds is 8. The molecule has 0 unspecified atom stereocenters. The average molecular weight is 437 g/mol. The Kier molecular flexibility index (Phi) is 9.11. The maximum Gasteiger partial charge on any atom is 0.434 e. The Labute approximate surface area is 172 Å². The molecule has 0 atom stereocenters. The standard InChI is InChI=1S/C17H27F3N6O2S/c1-3-21-16(23-10-15-24-13(12-29-15)17(18,19)20)26-7-5-25(6-8-26)11-14(27)22-4-9-28-2/h12H,3-11H2,1-2H3,(H,21,23)(H,22,27). The Morgan fingerprint density at radius 2 is 2.03 bits per heavy atom. The number of ether oxygens (including phenoxy) is 1. The Hall–Kier alpha value is -1.92. The number of guanidine groups is 1.